The lowest BCUT2D eigenvalue weighted by molar-refractivity contribution is -0.140. The Kier molecular flexibility index (Phi) is 10.2. The third-order valence-corrected chi connectivity index (χ3v) is 16.7. The first-order valence-corrected chi connectivity index (χ1v) is 12.4. The van der Waals surface area contributed by atoms with Crippen LogP contribution in [-0.2, 0) is 19.1 Å². The van der Waals surface area contributed by atoms with Gasteiger partial charge in [-0.25, -0.2) is 9.59 Å². The van der Waals surface area contributed by atoms with Gasteiger partial charge in [0.1, 0.15) is 5.29 Å². The van der Waals surface area contributed by atoms with Crippen molar-refractivity contribution >= 4 is 31.4 Å². The minimum atomic E-state index is -1.82. The van der Waals surface area contributed by atoms with Crippen LogP contribution in [0.25, 0.3) is 0 Å². The highest BCUT2D eigenvalue weighted by atomic mass is 32.1. The zero-order valence-corrected chi connectivity index (χ0v) is 16.1. The standard InChI is InChI=1S/C15H30O4P2/c1-7-18-14(16)13(15(17)19-8-2)21(11-5,12-6)20(9-3)10-4/h7-12H2,1-6H3. The van der Waals surface area contributed by atoms with Gasteiger partial charge in [0.15, 0.2) is 0 Å². The molecule has 0 aromatic rings. The Morgan fingerprint density at radius 2 is 1.19 bits per heavy atom. The number of hydrogen-bond acceptors (Lipinski definition) is 4. The van der Waals surface area contributed by atoms with Gasteiger partial charge in [-0.05, 0) is 38.5 Å². The van der Waals surface area contributed by atoms with Gasteiger partial charge >= 0.3 is 11.9 Å². The van der Waals surface area contributed by atoms with Crippen molar-refractivity contribution in [1.29, 1.82) is 0 Å². The van der Waals surface area contributed by atoms with Crippen LogP contribution in [0.15, 0.2) is 0 Å². The van der Waals surface area contributed by atoms with Crippen molar-refractivity contribution in [3.63, 3.8) is 0 Å². The average Bonchev–Trinajstić information content (AvgIpc) is 2.47. The van der Waals surface area contributed by atoms with Crippen molar-refractivity contribution in [2.45, 2.75) is 41.5 Å². The summed E-state index contributed by atoms with van der Waals surface area (Å²) in [6.07, 6.45) is 3.79. The summed E-state index contributed by atoms with van der Waals surface area (Å²) in [5.74, 6) is -0.912. The Morgan fingerprint density at radius 3 is 1.43 bits per heavy atom. The molecule has 0 radical (unpaired) electrons. The lowest BCUT2D eigenvalue weighted by atomic mass is 10.4. The van der Waals surface area contributed by atoms with E-state index in [2.05, 4.69) is 27.7 Å². The van der Waals surface area contributed by atoms with E-state index in [-0.39, 0.29) is 20.8 Å². The summed E-state index contributed by atoms with van der Waals surface area (Å²) in [6.45, 7) is 10.8. The van der Waals surface area contributed by atoms with E-state index < -0.39 is 18.5 Å². The summed E-state index contributed by atoms with van der Waals surface area (Å²) in [4.78, 5) is 24.9. The quantitative estimate of drug-likeness (QED) is 0.365. The molecule has 0 bridgehead atoms. The van der Waals surface area contributed by atoms with Crippen LogP contribution in [0.3, 0.4) is 0 Å². The Bertz CT molecular complexity index is 372. The Hall–Kier alpha value is -0.330. The van der Waals surface area contributed by atoms with Crippen molar-refractivity contribution in [3.8, 4) is 0 Å². The topological polar surface area (TPSA) is 52.6 Å². The van der Waals surface area contributed by atoms with Crippen LogP contribution in [0, 0.1) is 0 Å². The minimum Gasteiger partial charge on any atom is -0.462 e. The summed E-state index contributed by atoms with van der Waals surface area (Å²) < 4.78 is 10.4. The summed E-state index contributed by atoms with van der Waals surface area (Å²) >= 11 is 0. The van der Waals surface area contributed by atoms with Gasteiger partial charge in [0.05, 0.1) is 13.2 Å². The van der Waals surface area contributed by atoms with E-state index in [4.69, 9.17) is 9.47 Å². The van der Waals surface area contributed by atoms with Crippen LogP contribution in [0.5, 0.6) is 0 Å². The molecule has 0 saturated carbocycles. The first kappa shape index (κ1) is 20.7. The molecule has 0 spiro atoms. The summed E-state index contributed by atoms with van der Waals surface area (Å²) in [5, 5.41) is 0.339. The molecule has 0 aromatic heterocycles. The monoisotopic (exact) mass is 336 g/mol. The zero-order chi connectivity index (χ0) is 16.5. The Morgan fingerprint density at radius 1 is 0.810 bits per heavy atom. The van der Waals surface area contributed by atoms with Crippen molar-refractivity contribution in [2.24, 2.45) is 0 Å². The van der Waals surface area contributed by atoms with Crippen LogP contribution < -0.4 is 0 Å². The minimum absolute atomic E-state index is 0.283. The van der Waals surface area contributed by atoms with E-state index in [0.29, 0.717) is 5.29 Å². The lowest BCUT2D eigenvalue weighted by Crippen LogP contribution is -2.30. The molecule has 0 fully saturated rings. The smallest absolute Gasteiger partial charge is 0.345 e. The number of carbonyl (C=O) groups excluding carboxylic acids is 2. The van der Waals surface area contributed by atoms with Crippen LogP contribution >= 0.6 is 14.2 Å². The van der Waals surface area contributed by atoms with Gasteiger partial charge in [-0.3, -0.25) is 0 Å². The van der Waals surface area contributed by atoms with Crippen LogP contribution in [0.2, 0.25) is 0 Å². The van der Waals surface area contributed by atoms with E-state index in [0.717, 1.165) is 24.6 Å². The first-order valence-electron chi connectivity index (χ1n) is 7.83. The van der Waals surface area contributed by atoms with E-state index >= 15 is 0 Å². The van der Waals surface area contributed by atoms with Gasteiger partial charge < -0.3 is 9.47 Å². The van der Waals surface area contributed by atoms with E-state index in [1.54, 1.807) is 13.8 Å². The van der Waals surface area contributed by atoms with E-state index in [1.807, 2.05) is 0 Å². The van der Waals surface area contributed by atoms with Crippen molar-refractivity contribution in [2.75, 3.05) is 37.9 Å². The first-order chi connectivity index (χ1) is 9.98. The molecular formula is C15H30O4P2. The second-order valence-corrected chi connectivity index (χ2v) is 14.3. The molecule has 21 heavy (non-hydrogen) atoms. The maximum Gasteiger partial charge on any atom is 0.345 e. The largest absolute Gasteiger partial charge is 0.462 e. The molecule has 0 N–H and O–H groups in total. The number of rotatable bonds is 9. The van der Waals surface area contributed by atoms with Gasteiger partial charge in [0.2, 0.25) is 0 Å². The third-order valence-electron chi connectivity index (χ3n) is 3.67. The van der Waals surface area contributed by atoms with Crippen molar-refractivity contribution in [1.82, 2.24) is 0 Å². The van der Waals surface area contributed by atoms with Gasteiger partial charge in [-0.1, -0.05) is 41.9 Å². The molecule has 4 nitrogen and oxygen atoms in total. The van der Waals surface area contributed by atoms with E-state index in [1.165, 1.54) is 0 Å². The van der Waals surface area contributed by atoms with Crippen molar-refractivity contribution < 1.29 is 19.1 Å². The zero-order valence-electron chi connectivity index (χ0n) is 14.3. The van der Waals surface area contributed by atoms with Crippen LogP contribution in [0.4, 0.5) is 0 Å². The fraction of sp³-hybridized carbons (Fsp3) is 0.800. The fourth-order valence-corrected chi connectivity index (χ4v) is 14.2. The highest BCUT2D eigenvalue weighted by Crippen LogP contribution is 2.76. The van der Waals surface area contributed by atoms with Gasteiger partial charge in [0, 0.05) is 0 Å². The van der Waals surface area contributed by atoms with Crippen LogP contribution in [0.1, 0.15) is 41.5 Å². The number of esters is 2. The predicted molar refractivity (Wildman–Crippen MR) is 94.3 cm³/mol. The highest BCUT2D eigenvalue weighted by Gasteiger charge is 2.36. The van der Waals surface area contributed by atoms with Gasteiger partial charge in [0.25, 0.3) is 0 Å². The molecule has 0 rings (SSSR count). The average molecular weight is 336 g/mol. The molecule has 0 aliphatic heterocycles. The molecule has 0 saturated heterocycles. The second kappa shape index (κ2) is 10.4. The number of carbonyl (C=O) groups is 2. The predicted octanol–water partition coefficient (Wildman–Crippen LogP) is 3.78. The number of hydrogen-bond donors (Lipinski definition) is 0. The van der Waals surface area contributed by atoms with Crippen molar-refractivity contribution in [3.05, 3.63) is 0 Å². The summed E-state index contributed by atoms with van der Waals surface area (Å²) in [6, 6.07) is 0. The second-order valence-electron chi connectivity index (χ2n) is 4.48. The normalized spacial score (nSPS) is 11.4. The molecule has 0 amide bonds. The molecule has 0 aliphatic rings. The molecular weight excluding hydrogens is 306 g/mol. The molecule has 6 heteroatoms. The molecule has 124 valence electrons. The molecule has 0 heterocycles. The third kappa shape index (κ3) is 4.83. The number of ether oxygens (including phenoxy) is 2. The Balaban J connectivity index is 6.26. The Labute approximate surface area is 130 Å². The van der Waals surface area contributed by atoms with Gasteiger partial charge in [-0.2, -0.15) is 0 Å². The maximum absolute atomic E-state index is 12.4. The summed E-state index contributed by atoms with van der Waals surface area (Å²) in [7, 11) is -0.357. The fourth-order valence-electron chi connectivity index (χ4n) is 2.67. The van der Waals surface area contributed by atoms with Gasteiger partial charge in [-0.15, -0.1) is 0 Å². The lowest BCUT2D eigenvalue weighted by Gasteiger charge is -2.34. The molecule has 0 unspecified atom stereocenters. The maximum atomic E-state index is 12.4. The molecule has 0 aliphatic carbocycles. The SMILES string of the molecule is CCOC(=O)C(C(=O)OCC)=P(CC)(CC)P(CC)CC. The molecule has 0 atom stereocenters. The summed E-state index contributed by atoms with van der Waals surface area (Å²) in [5.41, 5.74) is 0. The molecule has 0 aromatic carbocycles. The van der Waals surface area contributed by atoms with Crippen LogP contribution in [-0.4, -0.2) is 55.1 Å². The highest BCUT2D eigenvalue weighted by molar-refractivity contribution is 8.38. The van der Waals surface area contributed by atoms with E-state index in [9.17, 15) is 9.59 Å².